The van der Waals surface area contributed by atoms with Gasteiger partial charge in [-0.2, -0.15) is 0 Å². The first-order valence-corrected chi connectivity index (χ1v) is 10.7. The van der Waals surface area contributed by atoms with Crippen molar-refractivity contribution in [2.45, 2.75) is 70.3 Å². The maximum absolute atomic E-state index is 13.1. The van der Waals surface area contributed by atoms with Gasteiger partial charge in [-0.05, 0) is 88.1 Å². The second kappa shape index (κ2) is 7.19. The molecule has 1 unspecified atom stereocenters. The topological polar surface area (TPSA) is 43.8 Å². The van der Waals surface area contributed by atoms with Crippen LogP contribution in [0.2, 0.25) is 0 Å². The molecule has 4 bridgehead atoms. The lowest BCUT2D eigenvalue weighted by atomic mass is 9.49. The highest BCUT2D eigenvalue weighted by molar-refractivity contribution is 5.77. The molecule has 5 rings (SSSR count). The van der Waals surface area contributed by atoms with Gasteiger partial charge in [0.2, 0.25) is 5.91 Å². The van der Waals surface area contributed by atoms with E-state index in [0.29, 0.717) is 24.4 Å². The fourth-order valence-corrected chi connectivity index (χ4v) is 7.03. The normalized spacial score (nSPS) is 40.4. The molecule has 5 aliphatic rings. The Bertz CT molecular complexity index is 457. The lowest BCUT2D eigenvalue weighted by Gasteiger charge is -2.58. The Labute approximate surface area is 152 Å². The number of aliphatic hydroxyl groups is 1. The lowest BCUT2D eigenvalue weighted by molar-refractivity contribution is -0.139. The number of hydrogen-bond acceptors (Lipinski definition) is 3. The van der Waals surface area contributed by atoms with E-state index in [-0.39, 0.29) is 12.5 Å². The monoisotopic (exact) mass is 348 g/mol. The zero-order chi connectivity index (χ0) is 17.4. The predicted octanol–water partition coefficient (Wildman–Crippen LogP) is 2.90. The van der Waals surface area contributed by atoms with Crippen molar-refractivity contribution in [3.63, 3.8) is 0 Å². The van der Waals surface area contributed by atoms with Crippen molar-refractivity contribution in [2.75, 3.05) is 33.3 Å². The summed E-state index contributed by atoms with van der Waals surface area (Å²) in [6, 6.07) is 0.402. The van der Waals surface area contributed by atoms with E-state index in [1.165, 1.54) is 51.4 Å². The van der Waals surface area contributed by atoms with Gasteiger partial charge in [-0.3, -0.25) is 4.79 Å². The highest BCUT2D eigenvalue weighted by Gasteiger charge is 2.51. The van der Waals surface area contributed by atoms with Crippen molar-refractivity contribution in [3.8, 4) is 0 Å². The Morgan fingerprint density at radius 2 is 1.76 bits per heavy atom. The molecule has 5 fully saturated rings. The number of amides is 1. The number of rotatable bonds is 6. The van der Waals surface area contributed by atoms with E-state index >= 15 is 0 Å². The van der Waals surface area contributed by atoms with Crippen LogP contribution in [0.25, 0.3) is 0 Å². The first-order chi connectivity index (χ1) is 12.1. The maximum Gasteiger partial charge on any atom is 0.224 e. The number of aliphatic hydroxyl groups excluding tert-OH is 1. The molecule has 25 heavy (non-hydrogen) atoms. The molecule has 4 heteroatoms. The number of nitrogens with zero attached hydrogens (tertiary/aromatic N) is 2. The van der Waals surface area contributed by atoms with Gasteiger partial charge >= 0.3 is 0 Å². The molecular weight excluding hydrogens is 312 g/mol. The van der Waals surface area contributed by atoms with E-state index in [1.807, 2.05) is 4.90 Å². The molecule has 0 spiro atoms. The number of carbonyl (C=O) groups excluding carboxylic acids is 1. The third-order valence-corrected chi connectivity index (χ3v) is 7.75. The molecule has 1 N–H and O–H groups in total. The highest BCUT2D eigenvalue weighted by Crippen LogP contribution is 2.60. The molecule has 0 aromatic carbocycles. The van der Waals surface area contributed by atoms with Gasteiger partial charge in [0.15, 0.2) is 0 Å². The van der Waals surface area contributed by atoms with Crippen molar-refractivity contribution in [2.24, 2.45) is 23.2 Å². The van der Waals surface area contributed by atoms with Gasteiger partial charge in [0.1, 0.15) is 0 Å². The largest absolute Gasteiger partial charge is 0.395 e. The van der Waals surface area contributed by atoms with Crippen LogP contribution in [0.15, 0.2) is 0 Å². The zero-order valence-electron chi connectivity index (χ0n) is 16.0. The van der Waals surface area contributed by atoms with Crippen LogP contribution in [0.4, 0.5) is 0 Å². The summed E-state index contributed by atoms with van der Waals surface area (Å²) in [7, 11) is 2.16. The van der Waals surface area contributed by atoms with E-state index in [2.05, 4.69) is 11.9 Å². The Morgan fingerprint density at radius 1 is 1.12 bits per heavy atom. The molecule has 4 aliphatic carbocycles. The molecule has 1 heterocycles. The summed E-state index contributed by atoms with van der Waals surface area (Å²) in [6.45, 7) is 2.65. The summed E-state index contributed by atoms with van der Waals surface area (Å²) in [5, 5.41) is 9.55. The second-order valence-electron chi connectivity index (χ2n) is 9.79. The number of likely N-dealkylation sites (tertiary alicyclic amines) is 1. The molecule has 4 saturated carbocycles. The van der Waals surface area contributed by atoms with E-state index < -0.39 is 0 Å². The summed E-state index contributed by atoms with van der Waals surface area (Å²) in [6.07, 6.45) is 12.6. The van der Waals surface area contributed by atoms with Crippen LogP contribution in [-0.2, 0) is 4.79 Å². The van der Waals surface area contributed by atoms with Crippen LogP contribution in [0.1, 0.15) is 64.2 Å². The molecule has 1 atom stereocenters. The average molecular weight is 349 g/mol. The Balaban J connectivity index is 1.41. The standard InChI is InChI=1S/C21H36N2O2/c1-22-5-3-2-4-19(22)11-20(25)23(6-7-24)15-21-12-16-8-17(13-21)10-18(9-16)14-21/h16-19,24H,2-15H2,1H3. The van der Waals surface area contributed by atoms with E-state index in [4.69, 9.17) is 0 Å². The van der Waals surface area contributed by atoms with Crippen LogP contribution in [0.3, 0.4) is 0 Å². The summed E-state index contributed by atoms with van der Waals surface area (Å²) in [4.78, 5) is 17.5. The van der Waals surface area contributed by atoms with Crippen molar-refractivity contribution < 1.29 is 9.90 Å². The average Bonchev–Trinajstić information content (AvgIpc) is 2.55. The van der Waals surface area contributed by atoms with Crippen molar-refractivity contribution in [1.82, 2.24) is 9.80 Å². The first kappa shape index (κ1) is 17.8. The van der Waals surface area contributed by atoms with Gasteiger partial charge in [-0.25, -0.2) is 0 Å². The predicted molar refractivity (Wildman–Crippen MR) is 99.2 cm³/mol. The Hall–Kier alpha value is -0.610. The van der Waals surface area contributed by atoms with Gasteiger partial charge in [0.05, 0.1) is 6.61 Å². The minimum Gasteiger partial charge on any atom is -0.395 e. The summed E-state index contributed by atoms with van der Waals surface area (Å²) in [5.41, 5.74) is 0.373. The Kier molecular flexibility index (Phi) is 5.11. The second-order valence-corrected chi connectivity index (χ2v) is 9.79. The van der Waals surface area contributed by atoms with Crippen molar-refractivity contribution in [3.05, 3.63) is 0 Å². The van der Waals surface area contributed by atoms with E-state index in [0.717, 1.165) is 37.3 Å². The van der Waals surface area contributed by atoms with Crippen LogP contribution in [0.5, 0.6) is 0 Å². The molecule has 0 aromatic heterocycles. The van der Waals surface area contributed by atoms with Gasteiger partial charge < -0.3 is 14.9 Å². The summed E-state index contributed by atoms with van der Waals surface area (Å²) < 4.78 is 0. The minimum atomic E-state index is 0.0958. The molecule has 1 saturated heterocycles. The molecule has 1 aliphatic heterocycles. The fourth-order valence-electron chi connectivity index (χ4n) is 7.03. The zero-order valence-corrected chi connectivity index (χ0v) is 16.0. The van der Waals surface area contributed by atoms with Crippen LogP contribution >= 0.6 is 0 Å². The molecular formula is C21H36N2O2. The van der Waals surface area contributed by atoms with Crippen LogP contribution in [-0.4, -0.2) is 60.1 Å². The quantitative estimate of drug-likeness (QED) is 0.803. The SMILES string of the molecule is CN1CCCCC1CC(=O)N(CCO)CC12CC3CC(CC(C3)C1)C2. The summed E-state index contributed by atoms with van der Waals surface area (Å²) >= 11 is 0. The maximum atomic E-state index is 13.1. The highest BCUT2D eigenvalue weighted by atomic mass is 16.3. The van der Waals surface area contributed by atoms with Gasteiger partial charge in [0.25, 0.3) is 0 Å². The van der Waals surface area contributed by atoms with Crippen molar-refractivity contribution in [1.29, 1.82) is 0 Å². The van der Waals surface area contributed by atoms with E-state index in [1.54, 1.807) is 0 Å². The fraction of sp³-hybridized carbons (Fsp3) is 0.952. The number of hydrogen-bond donors (Lipinski definition) is 1. The number of carbonyl (C=O) groups is 1. The third kappa shape index (κ3) is 3.75. The smallest absolute Gasteiger partial charge is 0.224 e. The molecule has 0 aromatic rings. The van der Waals surface area contributed by atoms with Crippen LogP contribution in [0, 0.1) is 23.2 Å². The van der Waals surface area contributed by atoms with E-state index in [9.17, 15) is 9.90 Å². The van der Waals surface area contributed by atoms with Gasteiger partial charge in [-0.15, -0.1) is 0 Å². The minimum absolute atomic E-state index is 0.0958. The Morgan fingerprint density at radius 3 is 2.32 bits per heavy atom. The van der Waals surface area contributed by atoms with Gasteiger partial charge in [-0.1, -0.05) is 6.42 Å². The van der Waals surface area contributed by atoms with Gasteiger partial charge in [0, 0.05) is 25.6 Å². The molecule has 4 nitrogen and oxygen atoms in total. The lowest BCUT2D eigenvalue weighted by Crippen LogP contribution is -2.53. The summed E-state index contributed by atoms with van der Waals surface area (Å²) in [5.74, 6) is 3.04. The third-order valence-electron chi connectivity index (χ3n) is 7.75. The number of piperidine rings is 1. The van der Waals surface area contributed by atoms with Crippen LogP contribution < -0.4 is 0 Å². The molecule has 142 valence electrons. The molecule has 0 radical (unpaired) electrons. The molecule has 1 amide bonds. The first-order valence-electron chi connectivity index (χ1n) is 10.7. The van der Waals surface area contributed by atoms with Crippen molar-refractivity contribution >= 4 is 5.91 Å².